The summed E-state index contributed by atoms with van der Waals surface area (Å²) >= 11 is 6.02. The summed E-state index contributed by atoms with van der Waals surface area (Å²) < 4.78 is 28.1. The summed E-state index contributed by atoms with van der Waals surface area (Å²) in [5.74, 6) is -0.304. The van der Waals surface area contributed by atoms with E-state index in [4.69, 9.17) is 11.6 Å². The molecule has 12 nitrogen and oxygen atoms in total. The molecular weight excluding hydrogens is 522 g/mol. The summed E-state index contributed by atoms with van der Waals surface area (Å²) in [5.41, 5.74) is 1.18. The fraction of sp³-hybridized carbons (Fsp3) is 0.261. The number of sulfonamides is 1. The summed E-state index contributed by atoms with van der Waals surface area (Å²) in [6.45, 7) is -0.427. The van der Waals surface area contributed by atoms with Crippen LogP contribution in [0.25, 0.3) is 22.3 Å². The molecule has 190 valence electrons. The highest BCUT2D eigenvalue weighted by molar-refractivity contribution is 7.89. The predicted molar refractivity (Wildman–Crippen MR) is 131 cm³/mol. The molecular formula is C23H20ClN7O5S. The third kappa shape index (κ3) is 3.95. The zero-order valence-corrected chi connectivity index (χ0v) is 20.6. The standard InChI is InChI=1S/C23H20ClN7O5S/c24-14-1-2-15-13(7-14)8-19(27-15)37(35,36)30-10-17-20(32)21(33)18(11-30)31(17)23(34)16-9-26-22(29-28-16)12-3-5-25-6-4-12/h1-9,17-18,20-21,27,32-33H,10-11H2. The van der Waals surface area contributed by atoms with Gasteiger partial charge in [-0.05, 0) is 36.4 Å². The number of rotatable bonds is 4. The zero-order chi connectivity index (χ0) is 25.9. The Morgan fingerprint density at radius 2 is 1.73 bits per heavy atom. The SMILES string of the molecule is O=C(c1cnc(-c2ccncc2)nn1)N1C2CN(S(=O)(=O)c3cc4cc(Cl)ccc4[nH]3)CC1C(O)C2O. The highest BCUT2D eigenvalue weighted by Crippen LogP contribution is 2.35. The second-order valence-corrected chi connectivity index (χ2v) is 11.3. The molecule has 2 bridgehead atoms. The first-order valence-electron chi connectivity index (χ1n) is 11.3. The van der Waals surface area contributed by atoms with Gasteiger partial charge in [0.1, 0.15) is 17.2 Å². The summed E-state index contributed by atoms with van der Waals surface area (Å²) in [7, 11) is -4.03. The fourth-order valence-corrected chi connectivity index (χ4v) is 6.58. The molecule has 0 spiro atoms. The van der Waals surface area contributed by atoms with Crippen LogP contribution in [0.15, 0.2) is 60.0 Å². The molecule has 14 heteroatoms. The molecule has 3 N–H and O–H groups in total. The van der Waals surface area contributed by atoms with Gasteiger partial charge in [0.25, 0.3) is 15.9 Å². The van der Waals surface area contributed by atoms with E-state index in [0.29, 0.717) is 27.3 Å². The number of aliphatic hydroxyl groups excluding tert-OH is 2. The number of H-pyrrole nitrogens is 1. The van der Waals surface area contributed by atoms with Crippen LogP contribution < -0.4 is 0 Å². The van der Waals surface area contributed by atoms with Crippen LogP contribution in [0.2, 0.25) is 5.02 Å². The number of hydrogen-bond donors (Lipinski definition) is 3. The quantitative estimate of drug-likeness (QED) is 0.337. The van der Waals surface area contributed by atoms with Crippen LogP contribution >= 0.6 is 11.6 Å². The highest BCUT2D eigenvalue weighted by atomic mass is 35.5. The normalized spacial score (nSPS) is 24.0. The van der Waals surface area contributed by atoms with E-state index in [9.17, 15) is 23.4 Å². The van der Waals surface area contributed by atoms with Crippen molar-refractivity contribution >= 4 is 38.4 Å². The third-order valence-corrected chi connectivity index (χ3v) is 8.75. The molecule has 4 aromatic rings. The Balaban J connectivity index is 1.27. The van der Waals surface area contributed by atoms with E-state index in [-0.39, 0.29) is 23.8 Å². The predicted octanol–water partition coefficient (Wildman–Crippen LogP) is 0.688. The first-order valence-corrected chi connectivity index (χ1v) is 13.1. The summed E-state index contributed by atoms with van der Waals surface area (Å²) in [6, 6.07) is 7.88. The van der Waals surface area contributed by atoms with Gasteiger partial charge in [0.2, 0.25) is 0 Å². The van der Waals surface area contributed by atoms with Gasteiger partial charge in [0, 0.05) is 47.0 Å². The van der Waals surface area contributed by atoms with Crippen molar-refractivity contribution in [3.05, 3.63) is 65.7 Å². The van der Waals surface area contributed by atoms with Gasteiger partial charge in [-0.2, -0.15) is 4.31 Å². The molecule has 37 heavy (non-hydrogen) atoms. The lowest BCUT2D eigenvalue weighted by Gasteiger charge is -2.39. The number of halogens is 1. The summed E-state index contributed by atoms with van der Waals surface area (Å²) in [6.07, 6.45) is 1.75. The van der Waals surface area contributed by atoms with E-state index < -0.39 is 40.2 Å². The van der Waals surface area contributed by atoms with Gasteiger partial charge in [0.05, 0.1) is 18.3 Å². The number of fused-ring (bicyclic) bond motifs is 3. The molecule has 1 amide bonds. The van der Waals surface area contributed by atoms with Crippen molar-refractivity contribution in [3.8, 4) is 11.4 Å². The van der Waals surface area contributed by atoms with Gasteiger partial charge in [-0.1, -0.05) is 11.6 Å². The number of aliphatic hydroxyl groups is 2. The largest absolute Gasteiger partial charge is 0.388 e. The molecule has 0 radical (unpaired) electrons. The molecule has 3 aromatic heterocycles. The van der Waals surface area contributed by atoms with Gasteiger partial charge in [-0.3, -0.25) is 9.78 Å². The summed E-state index contributed by atoms with van der Waals surface area (Å²) in [4.78, 5) is 25.6. The Labute approximate surface area is 215 Å². The Hall–Kier alpha value is -3.49. The lowest BCUT2D eigenvalue weighted by molar-refractivity contribution is 0.0352. The number of carbonyl (C=O) groups excluding carboxylic acids is 1. The zero-order valence-electron chi connectivity index (χ0n) is 19.0. The number of benzene rings is 1. The molecule has 5 heterocycles. The summed E-state index contributed by atoms with van der Waals surface area (Å²) in [5, 5.41) is 30.4. The number of nitrogens with one attached hydrogen (secondary N) is 1. The topological polar surface area (TPSA) is 165 Å². The van der Waals surface area contributed by atoms with E-state index in [0.717, 1.165) is 4.31 Å². The Morgan fingerprint density at radius 3 is 2.38 bits per heavy atom. The van der Waals surface area contributed by atoms with Crippen LogP contribution in [0.1, 0.15) is 10.5 Å². The average molecular weight is 542 g/mol. The molecule has 1 aromatic carbocycles. The number of carbonyl (C=O) groups is 1. The smallest absolute Gasteiger partial charge is 0.276 e. The van der Waals surface area contributed by atoms with E-state index in [2.05, 4.69) is 25.1 Å². The molecule has 2 saturated heterocycles. The second-order valence-electron chi connectivity index (χ2n) is 8.92. The first-order chi connectivity index (χ1) is 17.7. The molecule has 4 atom stereocenters. The van der Waals surface area contributed by atoms with Crippen molar-refractivity contribution in [1.82, 2.24) is 34.4 Å². The average Bonchev–Trinajstić information content (AvgIpc) is 3.41. The van der Waals surface area contributed by atoms with E-state index in [1.54, 1.807) is 42.7 Å². The number of hydrogen-bond acceptors (Lipinski definition) is 9. The van der Waals surface area contributed by atoms with E-state index in [1.807, 2.05) is 0 Å². The van der Waals surface area contributed by atoms with Crippen molar-refractivity contribution in [1.29, 1.82) is 0 Å². The minimum Gasteiger partial charge on any atom is -0.388 e. The van der Waals surface area contributed by atoms with Crippen molar-refractivity contribution < 1.29 is 23.4 Å². The lowest BCUT2D eigenvalue weighted by Crippen LogP contribution is -2.59. The van der Waals surface area contributed by atoms with Gasteiger partial charge < -0.3 is 20.1 Å². The van der Waals surface area contributed by atoms with Gasteiger partial charge in [-0.25, -0.2) is 13.4 Å². The third-order valence-electron chi connectivity index (χ3n) is 6.76. The molecule has 2 fully saturated rings. The highest BCUT2D eigenvalue weighted by Gasteiger charge is 2.56. The van der Waals surface area contributed by atoms with Crippen LogP contribution in [-0.4, -0.2) is 96.3 Å². The van der Waals surface area contributed by atoms with Crippen LogP contribution in [-0.2, 0) is 10.0 Å². The number of aromatic amines is 1. The van der Waals surface area contributed by atoms with Crippen molar-refractivity contribution in [2.24, 2.45) is 0 Å². The first kappa shape index (κ1) is 23.9. The fourth-order valence-electron chi connectivity index (χ4n) is 4.91. The Morgan fingerprint density at radius 1 is 1.03 bits per heavy atom. The number of nitrogens with zero attached hydrogens (tertiary/aromatic N) is 6. The maximum Gasteiger partial charge on any atom is 0.276 e. The number of pyridine rings is 1. The van der Waals surface area contributed by atoms with Crippen molar-refractivity contribution in [2.45, 2.75) is 29.3 Å². The number of aromatic nitrogens is 5. The molecule has 0 saturated carbocycles. The maximum atomic E-state index is 13.5. The van der Waals surface area contributed by atoms with Gasteiger partial charge in [0.15, 0.2) is 11.5 Å². The molecule has 0 aliphatic carbocycles. The number of piperazine rings is 1. The number of amides is 1. The molecule has 4 unspecified atom stereocenters. The molecule has 2 aliphatic rings. The van der Waals surface area contributed by atoms with Crippen LogP contribution in [0.3, 0.4) is 0 Å². The molecule has 2 aliphatic heterocycles. The van der Waals surface area contributed by atoms with Crippen molar-refractivity contribution in [3.63, 3.8) is 0 Å². The minimum absolute atomic E-state index is 0.0466. The van der Waals surface area contributed by atoms with Crippen LogP contribution in [0.4, 0.5) is 0 Å². The van der Waals surface area contributed by atoms with Gasteiger partial charge >= 0.3 is 0 Å². The Kier molecular flexibility index (Phi) is 5.69. The minimum atomic E-state index is -4.03. The monoisotopic (exact) mass is 541 g/mol. The lowest BCUT2D eigenvalue weighted by atomic mass is 10.1. The Bertz CT molecular complexity index is 1580. The van der Waals surface area contributed by atoms with Gasteiger partial charge in [-0.15, -0.1) is 10.2 Å². The maximum absolute atomic E-state index is 13.5. The van der Waals surface area contributed by atoms with E-state index >= 15 is 0 Å². The van der Waals surface area contributed by atoms with Crippen LogP contribution in [0, 0.1) is 0 Å². The second kappa shape index (κ2) is 8.82. The molecule has 6 rings (SSSR count). The van der Waals surface area contributed by atoms with Crippen molar-refractivity contribution in [2.75, 3.05) is 13.1 Å². The van der Waals surface area contributed by atoms with Crippen LogP contribution in [0.5, 0.6) is 0 Å². The van der Waals surface area contributed by atoms with E-state index in [1.165, 1.54) is 17.2 Å².